The lowest BCUT2D eigenvalue weighted by Gasteiger charge is -2.32. The van der Waals surface area contributed by atoms with Crippen LogP contribution in [-0.2, 0) is 4.79 Å². The Bertz CT molecular complexity index is 569. The molecule has 0 aromatic carbocycles. The Morgan fingerprint density at radius 3 is 2.50 bits per heavy atom. The molecule has 22 heavy (non-hydrogen) atoms. The van der Waals surface area contributed by atoms with Crippen LogP contribution in [0.5, 0.6) is 0 Å². The summed E-state index contributed by atoms with van der Waals surface area (Å²) in [5, 5.41) is 0. The van der Waals surface area contributed by atoms with Gasteiger partial charge in [0.25, 0.3) is 0 Å². The molecule has 0 aromatic rings. The zero-order valence-corrected chi connectivity index (χ0v) is 14.4. The Morgan fingerprint density at radius 2 is 1.91 bits per heavy atom. The van der Waals surface area contributed by atoms with Crippen LogP contribution in [0, 0.1) is 5.41 Å². The van der Waals surface area contributed by atoms with Gasteiger partial charge in [0.15, 0.2) is 12.1 Å². The van der Waals surface area contributed by atoms with Crippen LogP contribution >= 0.6 is 0 Å². The summed E-state index contributed by atoms with van der Waals surface area (Å²) in [6, 6.07) is 0. The average Bonchev–Trinajstić information content (AvgIpc) is 2.45. The summed E-state index contributed by atoms with van der Waals surface area (Å²) in [6.45, 7) is 10.4. The molecule has 0 fully saturated rings. The minimum Gasteiger partial charge on any atom is -0.295 e. The van der Waals surface area contributed by atoms with E-state index in [0.717, 1.165) is 5.57 Å². The smallest absolute Gasteiger partial charge is 0.178 e. The van der Waals surface area contributed by atoms with Gasteiger partial charge in [-0.05, 0) is 56.6 Å². The minimum absolute atomic E-state index is 0.233. The van der Waals surface area contributed by atoms with Crippen molar-refractivity contribution >= 4 is 6.29 Å². The van der Waals surface area contributed by atoms with Crippen LogP contribution in [0.1, 0.15) is 53.9 Å². The topological polar surface area (TPSA) is 17.1 Å². The van der Waals surface area contributed by atoms with Gasteiger partial charge in [-0.25, -0.2) is 4.39 Å². The summed E-state index contributed by atoms with van der Waals surface area (Å²) in [6.07, 6.45) is 13.5. The molecule has 0 spiro atoms. The first-order valence-electron chi connectivity index (χ1n) is 7.83. The molecule has 0 aliphatic heterocycles. The Hall–Kier alpha value is -1.70. The minimum atomic E-state index is -0.720. The standard InChI is InChI=1S/C20H27FO/c1-15(8-6-9-17(3)19(21)14-22)11-12-18-16(2)10-7-13-20(18,4)5/h6,8-9,11-12,14H,7,10,13H2,1-5H3/b9-6+,12-11+,15-8-,19-17-. The fourth-order valence-electron chi connectivity index (χ4n) is 2.80. The summed E-state index contributed by atoms with van der Waals surface area (Å²) in [4.78, 5) is 10.3. The zero-order chi connectivity index (χ0) is 16.8. The second-order valence-electron chi connectivity index (χ2n) is 6.68. The number of halogens is 1. The first-order chi connectivity index (χ1) is 10.3. The Morgan fingerprint density at radius 1 is 1.23 bits per heavy atom. The van der Waals surface area contributed by atoms with Gasteiger partial charge in [-0.15, -0.1) is 0 Å². The lowest BCUT2D eigenvalue weighted by atomic mass is 9.72. The number of hydrogen-bond acceptors (Lipinski definition) is 1. The highest BCUT2D eigenvalue weighted by atomic mass is 19.1. The lowest BCUT2D eigenvalue weighted by Crippen LogP contribution is -2.19. The van der Waals surface area contributed by atoms with Crippen molar-refractivity contribution in [3.63, 3.8) is 0 Å². The second-order valence-corrected chi connectivity index (χ2v) is 6.68. The molecular formula is C20H27FO. The summed E-state index contributed by atoms with van der Waals surface area (Å²) in [5.74, 6) is -0.720. The van der Waals surface area contributed by atoms with Crippen LogP contribution in [-0.4, -0.2) is 6.29 Å². The molecular weight excluding hydrogens is 275 g/mol. The largest absolute Gasteiger partial charge is 0.295 e. The third-order valence-electron chi connectivity index (χ3n) is 4.24. The number of rotatable bonds is 5. The number of hydrogen-bond donors (Lipinski definition) is 0. The van der Waals surface area contributed by atoms with Crippen LogP contribution in [0.3, 0.4) is 0 Å². The van der Waals surface area contributed by atoms with Crippen LogP contribution < -0.4 is 0 Å². The van der Waals surface area contributed by atoms with E-state index in [1.807, 2.05) is 13.0 Å². The molecule has 0 unspecified atom stereocenters. The van der Waals surface area contributed by atoms with Crippen molar-refractivity contribution < 1.29 is 9.18 Å². The fourth-order valence-corrected chi connectivity index (χ4v) is 2.80. The van der Waals surface area contributed by atoms with Crippen molar-refractivity contribution in [3.05, 3.63) is 58.5 Å². The Labute approximate surface area is 134 Å². The molecule has 0 saturated carbocycles. The van der Waals surface area contributed by atoms with Gasteiger partial charge in [-0.2, -0.15) is 0 Å². The van der Waals surface area contributed by atoms with E-state index in [2.05, 4.69) is 32.9 Å². The molecule has 1 aliphatic rings. The van der Waals surface area contributed by atoms with Gasteiger partial charge in [0.1, 0.15) is 0 Å². The third-order valence-corrected chi connectivity index (χ3v) is 4.24. The maximum absolute atomic E-state index is 13.0. The quantitative estimate of drug-likeness (QED) is 0.345. The van der Waals surface area contributed by atoms with Crippen molar-refractivity contribution in [2.45, 2.75) is 53.9 Å². The van der Waals surface area contributed by atoms with Crippen LogP contribution in [0.4, 0.5) is 4.39 Å². The van der Waals surface area contributed by atoms with Crippen molar-refractivity contribution in [1.29, 1.82) is 0 Å². The predicted molar refractivity (Wildman–Crippen MR) is 92.2 cm³/mol. The molecule has 0 amide bonds. The summed E-state index contributed by atoms with van der Waals surface area (Å²) in [5.41, 5.74) is 4.58. The molecule has 0 heterocycles. The van der Waals surface area contributed by atoms with Crippen LogP contribution in [0.2, 0.25) is 0 Å². The van der Waals surface area contributed by atoms with Gasteiger partial charge in [0, 0.05) is 0 Å². The zero-order valence-electron chi connectivity index (χ0n) is 14.4. The van der Waals surface area contributed by atoms with Gasteiger partial charge in [0.05, 0.1) is 0 Å². The highest BCUT2D eigenvalue weighted by Gasteiger charge is 2.26. The number of carbonyl (C=O) groups is 1. The van der Waals surface area contributed by atoms with Crippen LogP contribution in [0.25, 0.3) is 0 Å². The Balaban J connectivity index is 2.84. The van der Waals surface area contributed by atoms with Crippen molar-refractivity contribution in [1.82, 2.24) is 0 Å². The van der Waals surface area contributed by atoms with Gasteiger partial charge in [-0.1, -0.05) is 55.4 Å². The summed E-state index contributed by atoms with van der Waals surface area (Å²) in [7, 11) is 0. The first kappa shape index (κ1) is 18.3. The highest BCUT2D eigenvalue weighted by Crippen LogP contribution is 2.40. The van der Waals surface area contributed by atoms with Gasteiger partial charge in [0.2, 0.25) is 0 Å². The number of aldehydes is 1. The molecule has 0 N–H and O–H groups in total. The van der Waals surface area contributed by atoms with Crippen molar-refractivity contribution in [3.8, 4) is 0 Å². The van der Waals surface area contributed by atoms with Crippen LogP contribution in [0.15, 0.2) is 58.5 Å². The molecule has 0 aromatic heterocycles. The van der Waals surface area contributed by atoms with E-state index in [0.29, 0.717) is 5.57 Å². The summed E-state index contributed by atoms with van der Waals surface area (Å²) < 4.78 is 13.0. The van der Waals surface area contributed by atoms with E-state index in [1.54, 1.807) is 19.1 Å². The first-order valence-corrected chi connectivity index (χ1v) is 7.83. The summed E-state index contributed by atoms with van der Waals surface area (Å²) >= 11 is 0. The fraction of sp³-hybridized carbons (Fsp3) is 0.450. The predicted octanol–water partition coefficient (Wildman–Crippen LogP) is 6.01. The molecule has 1 nitrogen and oxygen atoms in total. The lowest BCUT2D eigenvalue weighted by molar-refractivity contribution is -0.106. The van der Waals surface area contributed by atoms with E-state index in [1.165, 1.54) is 30.4 Å². The van der Waals surface area contributed by atoms with Crippen molar-refractivity contribution in [2.75, 3.05) is 0 Å². The van der Waals surface area contributed by atoms with Crippen molar-refractivity contribution in [2.24, 2.45) is 5.41 Å². The molecule has 2 heteroatoms. The second kappa shape index (κ2) is 8.07. The molecule has 0 bridgehead atoms. The SMILES string of the molecule is CC1=C(/C=C/C(C)=C\C=C\C(C)=C(/F)C=O)C(C)(C)CCC1. The Kier molecular flexibility index (Phi) is 6.73. The van der Waals surface area contributed by atoms with Gasteiger partial charge >= 0.3 is 0 Å². The molecule has 1 rings (SSSR count). The van der Waals surface area contributed by atoms with E-state index in [-0.39, 0.29) is 11.7 Å². The normalized spacial score (nSPS) is 20.7. The maximum atomic E-state index is 13.0. The van der Waals surface area contributed by atoms with E-state index in [9.17, 15) is 9.18 Å². The maximum Gasteiger partial charge on any atom is 0.178 e. The van der Waals surface area contributed by atoms with E-state index in [4.69, 9.17) is 0 Å². The van der Waals surface area contributed by atoms with E-state index >= 15 is 0 Å². The molecule has 0 atom stereocenters. The average molecular weight is 302 g/mol. The molecule has 1 aliphatic carbocycles. The van der Waals surface area contributed by atoms with Gasteiger partial charge < -0.3 is 0 Å². The third kappa shape index (κ3) is 5.25. The molecule has 0 saturated heterocycles. The number of carbonyl (C=O) groups excluding carboxylic acids is 1. The molecule has 0 radical (unpaired) electrons. The molecule has 120 valence electrons. The monoisotopic (exact) mass is 302 g/mol. The van der Waals surface area contributed by atoms with E-state index < -0.39 is 5.83 Å². The number of allylic oxidation sites excluding steroid dienone is 10. The highest BCUT2D eigenvalue weighted by molar-refractivity contribution is 5.72. The van der Waals surface area contributed by atoms with Gasteiger partial charge in [-0.3, -0.25) is 4.79 Å².